The molecule has 0 unspecified atom stereocenters. The molecule has 1 amide bonds. The van der Waals surface area contributed by atoms with E-state index < -0.39 is 34.1 Å². The largest absolute Gasteiger partial charge is 0.486 e. The second kappa shape index (κ2) is 12.0. The minimum atomic E-state index is -4.22. The number of ether oxygens (including phenoxy) is 2. The third-order valence-electron chi connectivity index (χ3n) is 5.38. The van der Waals surface area contributed by atoms with E-state index in [1.807, 2.05) is 0 Å². The normalized spacial score (nSPS) is 12.7. The molecule has 3 aromatic rings. The Kier molecular flexibility index (Phi) is 8.78. The van der Waals surface area contributed by atoms with Crippen LogP contribution in [0.4, 0.5) is 14.5 Å². The summed E-state index contributed by atoms with van der Waals surface area (Å²) in [6.45, 7) is 0.317. The van der Waals surface area contributed by atoms with Crippen molar-refractivity contribution in [3.8, 4) is 11.5 Å². The summed E-state index contributed by atoms with van der Waals surface area (Å²) in [6, 6.07) is 13.4. The third-order valence-corrected chi connectivity index (χ3v) is 8.49. The van der Waals surface area contributed by atoms with Crippen LogP contribution in [0.2, 0.25) is 5.02 Å². The summed E-state index contributed by atoms with van der Waals surface area (Å²) < 4.78 is 66.3. The second-order valence-electron chi connectivity index (χ2n) is 7.90. The van der Waals surface area contributed by atoms with Crippen LogP contribution in [0, 0.1) is 11.6 Å². The average Bonchev–Trinajstić information content (AvgIpc) is 2.89. The van der Waals surface area contributed by atoms with Gasteiger partial charge in [-0.3, -0.25) is 9.10 Å². The standard InChI is InChI=1S/C25H23ClF2N2O5S2/c26-21-2-1-3-22(28)20(21)16-36-13-10-29-25(31)15-30(18-6-4-17(27)5-7-18)37(32,33)19-8-9-23-24(14-19)35-12-11-34-23/h1-9,14H,10-13,15-16H2,(H,29,31). The number of sulfonamides is 1. The molecule has 3 aromatic carbocycles. The number of hydrogen-bond acceptors (Lipinski definition) is 6. The zero-order valence-corrected chi connectivity index (χ0v) is 21.8. The predicted octanol–water partition coefficient (Wildman–Crippen LogP) is 4.63. The lowest BCUT2D eigenvalue weighted by atomic mass is 10.2. The molecule has 0 saturated carbocycles. The minimum absolute atomic E-state index is 0.105. The van der Waals surface area contributed by atoms with Crippen molar-refractivity contribution in [1.29, 1.82) is 0 Å². The molecule has 0 aliphatic carbocycles. The summed E-state index contributed by atoms with van der Waals surface area (Å²) in [4.78, 5) is 12.6. The zero-order valence-electron chi connectivity index (χ0n) is 19.5. The van der Waals surface area contributed by atoms with Crippen molar-refractivity contribution in [3.63, 3.8) is 0 Å². The Labute approximate surface area is 222 Å². The van der Waals surface area contributed by atoms with Gasteiger partial charge < -0.3 is 14.8 Å². The van der Waals surface area contributed by atoms with E-state index in [0.29, 0.717) is 34.4 Å². The van der Waals surface area contributed by atoms with Gasteiger partial charge >= 0.3 is 0 Å². The van der Waals surface area contributed by atoms with Crippen molar-refractivity contribution in [2.24, 2.45) is 0 Å². The summed E-state index contributed by atoms with van der Waals surface area (Å²) in [5, 5.41) is 3.00. The molecular formula is C25H23ClF2N2O5S2. The molecule has 1 aliphatic heterocycles. The van der Waals surface area contributed by atoms with Crippen LogP contribution < -0.4 is 19.1 Å². The van der Waals surface area contributed by atoms with Gasteiger partial charge in [-0.05, 0) is 48.5 Å². The highest BCUT2D eigenvalue weighted by atomic mass is 35.5. The van der Waals surface area contributed by atoms with Crippen LogP contribution in [0.15, 0.2) is 65.6 Å². The quantitative estimate of drug-likeness (QED) is 0.359. The number of carbonyl (C=O) groups excluding carboxylic acids is 1. The Bertz CT molecular complexity index is 1350. The molecule has 0 fully saturated rings. The number of benzene rings is 3. The Morgan fingerprint density at radius 1 is 1.03 bits per heavy atom. The molecule has 0 radical (unpaired) electrons. The molecule has 0 aromatic heterocycles. The monoisotopic (exact) mass is 568 g/mol. The van der Waals surface area contributed by atoms with Crippen LogP contribution in [-0.2, 0) is 20.6 Å². The summed E-state index contributed by atoms with van der Waals surface area (Å²) >= 11 is 7.40. The molecule has 4 rings (SSSR count). The number of nitrogens with one attached hydrogen (secondary N) is 1. The molecule has 0 saturated heterocycles. The number of halogens is 3. The van der Waals surface area contributed by atoms with Gasteiger partial charge in [-0.25, -0.2) is 17.2 Å². The Balaban J connectivity index is 1.43. The van der Waals surface area contributed by atoms with Gasteiger partial charge in [-0.1, -0.05) is 17.7 Å². The van der Waals surface area contributed by atoms with E-state index in [2.05, 4.69) is 5.32 Å². The molecule has 196 valence electrons. The van der Waals surface area contributed by atoms with Gasteiger partial charge in [0.25, 0.3) is 10.0 Å². The number of nitrogens with zero attached hydrogens (tertiary/aromatic N) is 1. The Hall–Kier alpha value is -3.02. The van der Waals surface area contributed by atoms with E-state index in [-0.39, 0.29) is 29.5 Å². The molecule has 0 bridgehead atoms. The second-order valence-corrected chi connectivity index (χ2v) is 11.3. The molecule has 12 heteroatoms. The van der Waals surface area contributed by atoms with Crippen molar-refractivity contribution >= 4 is 45.0 Å². The number of amides is 1. The number of thioether (sulfide) groups is 1. The lowest BCUT2D eigenvalue weighted by molar-refractivity contribution is -0.119. The molecule has 7 nitrogen and oxygen atoms in total. The minimum Gasteiger partial charge on any atom is -0.486 e. The van der Waals surface area contributed by atoms with Crippen molar-refractivity contribution < 1.29 is 31.5 Å². The van der Waals surface area contributed by atoms with Crippen molar-refractivity contribution in [3.05, 3.63) is 82.9 Å². The average molecular weight is 569 g/mol. The third kappa shape index (κ3) is 6.65. The van der Waals surface area contributed by atoms with E-state index in [0.717, 1.165) is 16.4 Å². The maximum atomic E-state index is 13.9. The molecule has 1 heterocycles. The number of hydrogen-bond donors (Lipinski definition) is 1. The number of carbonyl (C=O) groups is 1. The summed E-state index contributed by atoms with van der Waals surface area (Å²) in [6.07, 6.45) is 0. The highest BCUT2D eigenvalue weighted by Crippen LogP contribution is 2.34. The lowest BCUT2D eigenvalue weighted by Gasteiger charge is -2.25. The fourth-order valence-electron chi connectivity index (χ4n) is 3.53. The smallest absolute Gasteiger partial charge is 0.264 e. The van der Waals surface area contributed by atoms with Gasteiger partial charge in [0, 0.05) is 34.7 Å². The van der Waals surface area contributed by atoms with E-state index in [1.54, 1.807) is 6.07 Å². The first-order valence-corrected chi connectivity index (χ1v) is 14.2. The highest BCUT2D eigenvalue weighted by molar-refractivity contribution is 7.98. The van der Waals surface area contributed by atoms with E-state index in [1.165, 1.54) is 54.2 Å². The lowest BCUT2D eigenvalue weighted by Crippen LogP contribution is -2.41. The van der Waals surface area contributed by atoms with Crippen molar-refractivity contribution in [2.45, 2.75) is 10.6 Å². The van der Waals surface area contributed by atoms with Crippen LogP contribution in [0.1, 0.15) is 5.56 Å². The molecule has 1 aliphatic rings. The van der Waals surface area contributed by atoms with Crippen LogP contribution in [-0.4, -0.2) is 46.4 Å². The van der Waals surface area contributed by atoms with Gasteiger partial charge in [0.1, 0.15) is 31.4 Å². The van der Waals surface area contributed by atoms with Gasteiger partial charge in [-0.15, -0.1) is 0 Å². The molecule has 0 spiro atoms. The van der Waals surface area contributed by atoms with Gasteiger partial charge in [0.15, 0.2) is 11.5 Å². The Morgan fingerprint density at radius 3 is 2.49 bits per heavy atom. The molecular weight excluding hydrogens is 546 g/mol. The van der Waals surface area contributed by atoms with Crippen LogP contribution in [0.25, 0.3) is 0 Å². The fraction of sp³-hybridized carbons (Fsp3) is 0.240. The van der Waals surface area contributed by atoms with Crippen LogP contribution >= 0.6 is 23.4 Å². The first-order chi connectivity index (χ1) is 17.8. The predicted molar refractivity (Wildman–Crippen MR) is 139 cm³/mol. The fourth-order valence-corrected chi connectivity index (χ4v) is 6.16. The van der Waals surface area contributed by atoms with E-state index in [9.17, 15) is 22.0 Å². The van der Waals surface area contributed by atoms with E-state index >= 15 is 0 Å². The summed E-state index contributed by atoms with van der Waals surface area (Å²) in [7, 11) is -4.22. The summed E-state index contributed by atoms with van der Waals surface area (Å²) in [5.41, 5.74) is 0.503. The van der Waals surface area contributed by atoms with E-state index in [4.69, 9.17) is 21.1 Å². The summed E-state index contributed by atoms with van der Waals surface area (Å²) in [5.74, 6) is -0.0351. The van der Waals surface area contributed by atoms with Crippen molar-refractivity contribution in [1.82, 2.24) is 5.32 Å². The van der Waals surface area contributed by atoms with Crippen LogP contribution in [0.3, 0.4) is 0 Å². The number of anilines is 1. The first kappa shape index (κ1) is 27.0. The molecule has 0 atom stereocenters. The highest BCUT2D eigenvalue weighted by Gasteiger charge is 2.29. The Morgan fingerprint density at radius 2 is 1.76 bits per heavy atom. The zero-order chi connectivity index (χ0) is 26.4. The van der Waals surface area contributed by atoms with Gasteiger partial charge in [0.05, 0.1) is 10.6 Å². The number of rotatable bonds is 10. The van der Waals surface area contributed by atoms with Gasteiger partial charge in [-0.2, -0.15) is 11.8 Å². The first-order valence-electron chi connectivity index (χ1n) is 11.2. The topological polar surface area (TPSA) is 84.9 Å². The number of fused-ring (bicyclic) bond motifs is 1. The van der Waals surface area contributed by atoms with Crippen molar-refractivity contribution in [2.75, 3.05) is 36.4 Å². The molecule has 37 heavy (non-hydrogen) atoms. The maximum Gasteiger partial charge on any atom is 0.264 e. The SMILES string of the molecule is O=C(CN(c1ccc(F)cc1)S(=O)(=O)c1ccc2c(c1)OCCO2)NCCSCc1c(F)cccc1Cl. The molecule has 1 N–H and O–H groups in total. The van der Waals surface area contributed by atoms with Crippen LogP contribution in [0.5, 0.6) is 11.5 Å². The maximum absolute atomic E-state index is 13.9. The van der Waals surface area contributed by atoms with Gasteiger partial charge in [0.2, 0.25) is 5.91 Å².